The first-order valence-corrected chi connectivity index (χ1v) is 5.26. The summed E-state index contributed by atoms with van der Waals surface area (Å²) in [5.74, 6) is 0. The zero-order valence-corrected chi connectivity index (χ0v) is 11.2. The van der Waals surface area contributed by atoms with E-state index in [2.05, 4.69) is 15.2 Å². The molecule has 92 valence electrons. The Hall–Kier alpha value is -0.0600. The van der Waals surface area contributed by atoms with E-state index in [1.807, 2.05) is 18.3 Å². The van der Waals surface area contributed by atoms with Crippen LogP contribution < -0.4 is 5.32 Å². The van der Waals surface area contributed by atoms with Crippen molar-refractivity contribution in [3.8, 4) is 0 Å². The monoisotopic (exact) mass is 283 g/mol. The van der Waals surface area contributed by atoms with Crippen LogP contribution in [0.25, 0.3) is 0 Å². The molecule has 6 heteroatoms. The fourth-order valence-corrected chi connectivity index (χ4v) is 1.74. The molecule has 2 rings (SSSR count). The molecule has 1 aliphatic rings. The number of hydrogen-bond acceptors (Lipinski definition) is 3. The Morgan fingerprint density at radius 1 is 1.25 bits per heavy atom. The van der Waals surface area contributed by atoms with Crippen LogP contribution in [0.15, 0.2) is 18.3 Å². The van der Waals surface area contributed by atoms with Crippen LogP contribution in [-0.4, -0.2) is 36.1 Å². The number of piperazine rings is 1. The summed E-state index contributed by atoms with van der Waals surface area (Å²) in [5, 5.41) is 3.90. The van der Waals surface area contributed by atoms with Gasteiger partial charge in [-0.05, 0) is 11.6 Å². The Balaban J connectivity index is 0.00000112. The van der Waals surface area contributed by atoms with Crippen molar-refractivity contribution in [1.29, 1.82) is 0 Å². The molecular formula is C10H16Cl3N3. The molecule has 0 aliphatic carbocycles. The Kier molecular flexibility index (Phi) is 8.06. The van der Waals surface area contributed by atoms with Crippen LogP contribution in [-0.2, 0) is 6.54 Å². The zero-order valence-electron chi connectivity index (χ0n) is 8.86. The number of aromatic nitrogens is 1. The van der Waals surface area contributed by atoms with Crippen molar-refractivity contribution in [2.24, 2.45) is 0 Å². The Bertz CT molecular complexity index is 286. The topological polar surface area (TPSA) is 28.2 Å². The van der Waals surface area contributed by atoms with Crippen molar-refractivity contribution in [3.05, 3.63) is 29.0 Å². The van der Waals surface area contributed by atoms with Crippen molar-refractivity contribution < 1.29 is 0 Å². The van der Waals surface area contributed by atoms with E-state index in [-0.39, 0.29) is 24.8 Å². The number of nitrogens with zero attached hydrogens (tertiary/aromatic N) is 2. The Morgan fingerprint density at radius 2 is 1.94 bits per heavy atom. The third-order valence-corrected chi connectivity index (χ3v) is 2.63. The molecule has 3 nitrogen and oxygen atoms in total. The smallest absolute Gasteiger partial charge is 0.129 e. The molecule has 0 amide bonds. The van der Waals surface area contributed by atoms with E-state index in [1.165, 1.54) is 5.56 Å². The van der Waals surface area contributed by atoms with E-state index in [1.54, 1.807) is 0 Å². The fraction of sp³-hybridized carbons (Fsp3) is 0.500. The van der Waals surface area contributed by atoms with Gasteiger partial charge in [0.25, 0.3) is 0 Å². The first kappa shape index (κ1) is 15.9. The summed E-state index contributed by atoms with van der Waals surface area (Å²) in [6.07, 6.45) is 1.85. The van der Waals surface area contributed by atoms with Crippen molar-refractivity contribution in [2.75, 3.05) is 26.2 Å². The molecule has 1 aromatic rings. The predicted molar refractivity (Wildman–Crippen MR) is 71.9 cm³/mol. The minimum absolute atomic E-state index is 0. The molecule has 0 radical (unpaired) electrons. The third-order valence-electron chi connectivity index (χ3n) is 2.40. The molecule has 0 unspecified atom stereocenters. The van der Waals surface area contributed by atoms with Gasteiger partial charge in [-0.25, -0.2) is 4.98 Å². The molecule has 0 atom stereocenters. The molecule has 0 spiro atoms. The highest BCUT2D eigenvalue weighted by Gasteiger charge is 2.09. The van der Waals surface area contributed by atoms with Crippen LogP contribution in [0.2, 0.25) is 5.15 Å². The van der Waals surface area contributed by atoms with E-state index in [9.17, 15) is 0 Å². The van der Waals surface area contributed by atoms with E-state index in [0.29, 0.717) is 5.15 Å². The summed E-state index contributed by atoms with van der Waals surface area (Å²) >= 11 is 5.72. The largest absolute Gasteiger partial charge is 0.314 e. The Morgan fingerprint density at radius 3 is 2.50 bits per heavy atom. The summed E-state index contributed by atoms with van der Waals surface area (Å²) < 4.78 is 0. The number of halogens is 3. The lowest BCUT2D eigenvalue weighted by Gasteiger charge is -2.26. The number of rotatable bonds is 2. The van der Waals surface area contributed by atoms with Gasteiger partial charge in [-0.15, -0.1) is 24.8 Å². The maximum absolute atomic E-state index is 5.72. The summed E-state index contributed by atoms with van der Waals surface area (Å²) in [4.78, 5) is 6.49. The second kappa shape index (κ2) is 8.09. The lowest BCUT2D eigenvalue weighted by molar-refractivity contribution is 0.233. The lowest BCUT2D eigenvalue weighted by Crippen LogP contribution is -2.42. The molecule has 0 saturated carbocycles. The van der Waals surface area contributed by atoms with Gasteiger partial charge in [-0.1, -0.05) is 17.7 Å². The van der Waals surface area contributed by atoms with Crippen LogP contribution in [0.1, 0.15) is 5.56 Å². The maximum atomic E-state index is 5.72. The van der Waals surface area contributed by atoms with Gasteiger partial charge in [0, 0.05) is 38.9 Å². The number of hydrogen-bond donors (Lipinski definition) is 1. The highest BCUT2D eigenvalue weighted by atomic mass is 35.5. The highest BCUT2D eigenvalue weighted by molar-refractivity contribution is 6.29. The number of nitrogens with one attached hydrogen (secondary N) is 1. The van der Waals surface area contributed by atoms with Gasteiger partial charge in [0.1, 0.15) is 5.15 Å². The summed E-state index contributed by atoms with van der Waals surface area (Å²) in [7, 11) is 0. The average Bonchev–Trinajstić information content (AvgIpc) is 2.23. The second-order valence-corrected chi connectivity index (χ2v) is 3.90. The van der Waals surface area contributed by atoms with E-state index < -0.39 is 0 Å². The molecule has 1 N–H and O–H groups in total. The van der Waals surface area contributed by atoms with E-state index in [0.717, 1.165) is 32.7 Å². The summed E-state index contributed by atoms with van der Waals surface area (Å²) in [5.41, 5.74) is 1.23. The average molecular weight is 285 g/mol. The first-order valence-electron chi connectivity index (χ1n) is 4.88. The molecule has 1 aromatic heterocycles. The van der Waals surface area contributed by atoms with Crippen molar-refractivity contribution in [3.63, 3.8) is 0 Å². The quantitative estimate of drug-likeness (QED) is 0.842. The fourth-order valence-electron chi connectivity index (χ4n) is 1.63. The standard InChI is InChI=1S/C10H14ClN3.2ClH/c11-10-2-1-9(7-13-10)8-14-5-3-12-4-6-14;;/h1-2,7,12H,3-6,8H2;2*1H. The van der Waals surface area contributed by atoms with E-state index in [4.69, 9.17) is 11.6 Å². The lowest BCUT2D eigenvalue weighted by atomic mass is 10.2. The maximum Gasteiger partial charge on any atom is 0.129 e. The third kappa shape index (κ3) is 4.85. The molecular weight excluding hydrogens is 268 g/mol. The van der Waals surface area contributed by atoms with Gasteiger partial charge in [-0.2, -0.15) is 0 Å². The Labute approximate surface area is 113 Å². The molecule has 1 aliphatic heterocycles. The van der Waals surface area contributed by atoms with Crippen LogP contribution in [0.5, 0.6) is 0 Å². The zero-order chi connectivity index (χ0) is 9.80. The SMILES string of the molecule is Cl.Cl.Clc1ccc(CN2CCNCC2)cn1. The van der Waals surface area contributed by atoms with Gasteiger partial charge < -0.3 is 5.32 Å². The molecule has 1 saturated heterocycles. The van der Waals surface area contributed by atoms with Crippen molar-refractivity contribution in [1.82, 2.24) is 15.2 Å². The van der Waals surface area contributed by atoms with Gasteiger partial charge in [0.15, 0.2) is 0 Å². The van der Waals surface area contributed by atoms with Crippen molar-refractivity contribution >= 4 is 36.4 Å². The molecule has 2 heterocycles. The minimum Gasteiger partial charge on any atom is -0.314 e. The number of pyridine rings is 1. The van der Waals surface area contributed by atoms with Gasteiger partial charge >= 0.3 is 0 Å². The van der Waals surface area contributed by atoms with E-state index >= 15 is 0 Å². The summed E-state index contributed by atoms with van der Waals surface area (Å²) in [6, 6.07) is 3.89. The second-order valence-electron chi connectivity index (χ2n) is 3.52. The van der Waals surface area contributed by atoms with Gasteiger partial charge in [0.05, 0.1) is 0 Å². The minimum atomic E-state index is 0. The molecule has 1 fully saturated rings. The van der Waals surface area contributed by atoms with Gasteiger partial charge in [0.2, 0.25) is 0 Å². The van der Waals surface area contributed by atoms with Crippen LogP contribution >= 0.6 is 36.4 Å². The normalized spacial score (nSPS) is 16.1. The predicted octanol–water partition coefficient (Wildman–Crippen LogP) is 1.98. The molecule has 0 aromatic carbocycles. The van der Waals surface area contributed by atoms with Crippen LogP contribution in [0.3, 0.4) is 0 Å². The van der Waals surface area contributed by atoms with Crippen molar-refractivity contribution in [2.45, 2.75) is 6.54 Å². The molecule has 16 heavy (non-hydrogen) atoms. The van der Waals surface area contributed by atoms with Gasteiger partial charge in [-0.3, -0.25) is 4.90 Å². The summed E-state index contributed by atoms with van der Waals surface area (Å²) in [6.45, 7) is 5.37. The van der Waals surface area contributed by atoms with Crippen LogP contribution in [0.4, 0.5) is 0 Å². The molecule has 0 bridgehead atoms. The first-order chi connectivity index (χ1) is 6.84. The highest BCUT2D eigenvalue weighted by Crippen LogP contribution is 2.08. The van der Waals surface area contributed by atoms with Crippen LogP contribution in [0, 0.1) is 0 Å².